The van der Waals surface area contributed by atoms with Crippen molar-refractivity contribution in [3.8, 4) is 16.9 Å². The van der Waals surface area contributed by atoms with E-state index in [-0.39, 0.29) is 18.2 Å². The fraction of sp³-hybridized carbons (Fsp3) is 0.333. The summed E-state index contributed by atoms with van der Waals surface area (Å²) < 4.78 is 48.2. The molecule has 0 spiro atoms. The maximum atomic E-state index is 14.4. The molecule has 3 aromatic rings. The van der Waals surface area contributed by atoms with Crippen molar-refractivity contribution in [3.63, 3.8) is 0 Å². The summed E-state index contributed by atoms with van der Waals surface area (Å²) in [6.07, 6.45) is 5.20. The molecule has 0 N–H and O–H groups in total. The quantitative estimate of drug-likeness (QED) is 0.298. The van der Waals surface area contributed by atoms with Gasteiger partial charge in [-0.05, 0) is 59.2 Å². The highest BCUT2D eigenvalue weighted by atomic mass is 19.2. The minimum absolute atomic E-state index is 0.0952. The van der Waals surface area contributed by atoms with Crippen molar-refractivity contribution in [1.82, 2.24) is 0 Å². The van der Waals surface area contributed by atoms with Gasteiger partial charge in [-0.3, -0.25) is 0 Å². The van der Waals surface area contributed by atoms with Gasteiger partial charge < -0.3 is 4.74 Å². The van der Waals surface area contributed by atoms with Crippen LogP contribution >= 0.6 is 0 Å². The van der Waals surface area contributed by atoms with Crippen LogP contribution in [0, 0.1) is 17.5 Å². The Hall–Kier alpha value is -2.75. The van der Waals surface area contributed by atoms with E-state index in [1.807, 2.05) is 43.3 Å². The number of hydrogen-bond donors (Lipinski definition) is 0. The normalized spacial score (nSPS) is 11.0. The Kier molecular flexibility index (Phi) is 8.16. The van der Waals surface area contributed by atoms with Crippen LogP contribution < -0.4 is 4.74 Å². The van der Waals surface area contributed by atoms with Crippen LogP contribution in [0.25, 0.3) is 11.1 Å². The SMILES string of the molecule is CCCCCc1ccc(-c2ccc(COc3ccc(CCC)c(F)c3F)cc2)cc1F. The van der Waals surface area contributed by atoms with E-state index in [0.717, 1.165) is 54.4 Å². The first kappa shape index (κ1) is 22.9. The average Bonchev–Trinajstić information content (AvgIpc) is 2.78. The van der Waals surface area contributed by atoms with Crippen LogP contribution in [-0.2, 0) is 19.4 Å². The van der Waals surface area contributed by atoms with E-state index in [0.29, 0.717) is 12.0 Å². The highest BCUT2D eigenvalue weighted by molar-refractivity contribution is 5.64. The molecule has 0 atom stereocenters. The molecule has 0 radical (unpaired) electrons. The molecule has 164 valence electrons. The van der Waals surface area contributed by atoms with Crippen LogP contribution in [0.3, 0.4) is 0 Å². The van der Waals surface area contributed by atoms with E-state index < -0.39 is 11.6 Å². The van der Waals surface area contributed by atoms with Gasteiger partial charge in [0.2, 0.25) is 5.82 Å². The number of ether oxygens (including phenoxy) is 1. The molecule has 0 unspecified atom stereocenters. The molecule has 0 heterocycles. The van der Waals surface area contributed by atoms with Gasteiger partial charge in [0.25, 0.3) is 0 Å². The third kappa shape index (κ3) is 5.90. The van der Waals surface area contributed by atoms with Gasteiger partial charge in [-0.2, -0.15) is 4.39 Å². The number of aryl methyl sites for hydroxylation is 2. The molecule has 0 fully saturated rings. The Bertz CT molecular complexity index is 996. The molecule has 0 aliphatic carbocycles. The number of unbranched alkanes of at least 4 members (excludes halogenated alkanes) is 2. The van der Waals surface area contributed by atoms with Crippen molar-refractivity contribution in [2.75, 3.05) is 0 Å². The molecule has 0 bridgehead atoms. The largest absolute Gasteiger partial charge is 0.486 e. The van der Waals surface area contributed by atoms with Crippen molar-refractivity contribution >= 4 is 0 Å². The van der Waals surface area contributed by atoms with Gasteiger partial charge >= 0.3 is 0 Å². The number of rotatable bonds is 10. The van der Waals surface area contributed by atoms with Crippen LogP contribution in [-0.4, -0.2) is 0 Å². The summed E-state index contributed by atoms with van der Waals surface area (Å²) in [5, 5.41) is 0. The second-order valence-corrected chi connectivity index (χ2v) is 7.85. The Balaban J connectivity index is 1.64. The Labute approximate surface area is 182 Å². The standard InChI is InChI=1S/C27H29F3O/c1-3-5-6-8-21-13-14-23(17-24(21)28)20-11-9-19(10-12-20)18-31-25-16-15-22(7-4-2)26(29)27(25)30/h9-17H,3-8,18H2,1-2H3. The van der Waals surface area contributed by atoms with Gasteiger partial charge in [-0.15, -0.1) is 0 Å². The van der Waals surface area contributed by atoms with E-state index in [2.05, 4.69) is 6.92 Å². The van der Waals surface area contributed by atoms with E-state index in [1.54, 1.807) is 12.1 Å². The van der Waals surface area contributed by atoms with E-state index in [1.165, 1.54) is 6.07 Å². The van der Waals surface area contributed by atoms with Gasteiger partial charge in [0, 0.05) is 0 Å². The molecule has 4 heteroatoms. The van der Waals surface area contributed by atoms with Crippen LogP contribution in [0.15, 0.2) is 54.6 Å². The third-order valence-electron chi connectivity index (χ3n) is 5.43. The first-order valence-corrected chi connectivity index (χ1v) is 11.0. The monoisotopic (exact) mass is 426 g/mol. The molecule has 1 nitrogen and oxygen atoms in total. The smallest absolute Gasteiger partial charge is 0.200 e. The molecule has 3 aromatic carbocycles. The number of halogens is 3. The van der Waals surface area contributed by atoms with Gasteiger partial charge in [-0.25, -0.2) is 8.78 Å². The summed E-state index contributed by atoms with van der Waals surface area (Å²) in [4.78, 5) is 0. The summed E-state index contributed by atoms with van der Waals surface area (Å²) >= 11 is 0. The summed E-state index contributed by atoms with van der Waals surface area (Å²) in [5.74, 6) is -2.06. The van der Waals surface area contributed by atoms with E-state index in [9.17, 15) is 13.2 Å². The van der Waals surface area contributed by atoms with Crippen molar-refractivity contribution in [2.45, 2.75) is 59.0 Å². The minimum Gasteiger partial charge on any atom is -0.486 e. The first-order valence-electron chi connectivity index (χ1n) is 11.0. The molecule has 0 saturated heterocycles. The lowest BCUT2D eigenvalue weighted by molar-refractivity contribution is 0.284. The summed E-state index contributed by atoms with van der Waals surface area (Å²) in [6.45, 7) is 4.17. The zero-order valence-corrected chi connectivity index (χ0v) is 18.2. The van der Waals surface area contributed by atoms with Crippen LogP contribution in [0.1, 0.15) is 56.2 Å². The highest BCUT2D eigenvalue weighted by Crippen LogP contribution is 2.26. The summed E-state index contributed by atoms with van der Waals surface area (Å²) in [7, 11) is 0. The second kappa shape index (κ2) is 11.0. The summed E-state index contributed by atoms with van der Waals surface area (Å²) in [6, 6.07) is 15.9. The van der Waals surface area contributed by atoms with Crippen LogP contribution in [0.5, 0.6) is 5.75 Å². The predicted molar refractivity (Wildman–Crippen MR) is 120 cm³/mol. The lowest BCUT2D eigenvalue weighted by Gasteiger charge is -2.11. The topological polar surface area (TPSA) is 9.23 Å². The third-order valence-corrected chi connectivity index (χ3v) is 5.43. The molecule has 0 saturated carbocycles. The molecule has 0 amide bonds. The molecule has 0 aliphatic rings. The number of hydrogen-bond acceptors (Lipinski definition) is 1. The zero-order valence-electron chi connectivity index (χ0n) is 18.2. The van der Waals surface area contributed by atoms with Gasteiger partial charge in [0.05, 0.1) is 0 Å². The molecular formula is C27H29F3O. The van der Waals surface area contributed by atoms with Gasteiger partial charge in [0.15, 0.2) is 11.6 Å². The Morgan fingerprint density at radius 3 is 2.06 bits per heavy atom. The average molecular weight is 427 g/mol. The van der Waals surface area contributed by atoms with Crippen molar-refractivity contribution in [3.05, 3.63) is 88.7 Å². The Morgan fingerprint density at radius 1 is 0.677 bits per heavy atom. The van der Waals surface area contributed by atoms with Gasteiger partial charge in [0.1, 0.15) is 12.4 Å². The molecule has 0 aliphatic heterocycles. The van der Waals surface area contributed by atoms with Crippen molar-refractivity contribution < 1.29 is 17.9 Å². The van der Waals surface area contributed by atoms with Crippen molar-refractivity contribution in [2.24, 2.45) is 0 Å². The fourth-order valence-corrected chi connectivity index (χ4v) is 3.60. The fourth-order valence-electron chi connectivity index (χ4n) is 3.60. The van der Waals surface area contributed by atoms with Crippen molar-refractivity contribution in [1.29, 1.82) is 0 Å². The molecule has 3 rings (SSSR count). The summed E-state index contributed by atoms with van der Waals surface area (Å²) in [5.41, 5.74) is 3.63. The minimum atomic E-state index is -0.947. The van der Waals surface area contributed by atoms with Crippen LogP contribution in [0.2, 0.25) is 0 Å². The van der Waals surface area contributed by atoms with E-state index >= 15 is 0 Å². The zero-order chi connectivity index (χ0) is 22.2. The van der Waals surface area contributed by atoms with Gasteiger partial charge in [-0.1, -0.05) is 75.6 Å². The maximum Gasteiger partial charge on any atom is 0.200 e. The molecular weight excluding hydrogens is 397 g/mol. The Morgan fingerprint density at radius 2 is 1.39 bits per heavy atom. The first-order chi connectivity index (χ1) is 15.0. The maximum absolute atomic E-state index is 14.4. The lowest BCUT2D eigenvalue weighted by atomic mass is 10.00. The second-order valence-electron chi connectivity index (χ2n) is 7.85. The molecule has 31 heavy (non-hydrogen) atoms. The van der Waals surface area contributed by atoms with E-state index in [4.69, 9.17) is 4.74 Å². The number of benzene rings is 3. The predicted octanol–water partition coefficient (Wildman–Crippen LogP) is 8.04. The van der Waals surface area contributed by atoms with Crippen LogP contribution in [0.4, 0.5) is 13.2 Å². The highest BCUT2D eigenvalue weighted by Gasteiger charge is 2.14. The molecule has 0 aromatic heterocycles. The lowest BCUT2D eigenvalue weighted by Crippen LogP contribution is -2.01.